The summed E-state index contributed by atoms with van der Waals surface area (Å²) in [7, 11) is 0. The van der Waals surface area contributed by atoms with E-state index in [1.165, 1.54) is 19.3 Å². The van der Waals surface area contributed by atoms with Gasteiger partial charge in [-0.25, -0.2) is 0 Å². The molecule has 0 amide bonds. The molecule has 0 aromatic carbocycles. The topological polar surface area (TPSA) is 55.6 Å². The molecule has 5 heteroatoms. The second-order valence-electron chi connectivity index (χ2n) is 3.34. The predicted octanol–water partition coefficient (Wildman–Crippen LogP) is 1.69. The lowest BCUT2D eigenvalue weighted by Gasteiger charge is -1.98. The fraction of sp³-hybridized carbons (Fsp3) is 0.889. The molecule has 0 radical (unpaired) electrons. The van der Waals surface area contributed by atoms with E-state index >= 15 is 0 Å². The lowest BCUT2D eigenvalue weighted by Crippen LogP contribution is -2.04. The van der Waals surface area contributed by atoms with Crippen molar-refractivity contribution in [2.24, 2.45) is 0 Å². The number of nitrogens with zero attached hydrogens (tertiary/aromatic N) is 4. The highest BCUT2D eigenvalue weighted by Gasteiger charge is 1.99. The number of nitrogens with one attached hydrogen (secondary N) is 1. The van der Waals surface area contributed by atoms with Crippen LogP contribution in [0, 0.1) is 0 Å². The molecule has 0 aliphatic heterocycles. The normalized spacial score (nSPS) is 10.4. The third-order valence-electron chi connectivity index (χ3n) is 1.94. The zero-order chi connectivity index (χ0) is 10.2. The number of hydrogen-bond acceptors (Lipinski definition) is 4. The number of anilines is 1. The zero-order valence-electron chi connectivity index (χ0n) is 9.03. The molecule has 0 atom stereocenters. The van der Waals surface area contributed by atoms with E-state index in [4.69, 9.17) is 0 Å². The number of aryl methyl sites for hydroxylation is 1. The molecule has 1 N–H and O–H groups in total. The molecule has 1 rings (SSSR count). The van der Waals surface area contributed by atoms with Crippen LogP contribution in [0.5, 0.6) is 0 Å². The van der Waals surface area contributed by atoms with Crippen LogP contribution in [0.25, 0.3) is 0 Å². The number of unbranched alkanes of at least 4 members (excludes halogenated alkanes) is 2. The average molecular weight is 197 g/mol. The lowest BCUT2D eigenvalue weighted by atomic mass is 10.2. The van der Waals surface area contributed by atoms with Crippen molar-refractivity contribution in [3.8, 4) is 0 Å². The Morgan fingerprint density at radius 2 is 2.07 bits per heavy atom. The third-order valence-corrected chi connectivity index (χ3v) is 1.94. The van der Waals surface area contributed by atoms with Crippen molar-refractivity contribution in [3.05, 3.63) is 0 Å². The molecule has 0 bridgehead atoms. The van der Waals surface area contributed by atoms with E-state index in [9.17, 15) is 0 Å². The molecule has 0 spiro atoms. The smallest absolute Gasteiger partial charge is 0.263 e. The molecule has 0 unspecified atom stereocenters. The average Bonchev–Trinajstić information content (AvgIpc) is 2.61. The van der Waals surface area contributed by atoms with Gasteiger partial charge >= 0.3 is 0 Å². The van der Waals surface area contributed by atoms with Gasteiger partial charge in [-0.05, 0) is 18.1 Å². The highest BCUT2D eigenvalue weighted by atomic mass is 15.6. The quantitative estimate of drug-likeness (QED) is 0.676. The Bertz CT molecular complexity index is 245. The molecule has 80 valence electrons. The van der Waals surface area contributed by atoms with Crippen LogP contribution in [0.1, 0.15) is 39.5 Å². The number of rotatable bonds is 7. The monoisotopic (exact) mass is 197 g/mol. The molecular weight excluding hydrogens is 178 g/mol. The van der Waals surface area contributed by atoms with E-state index in [-0.39, 0.29) is 0 Å². The Morgan fingerprint density at radius 1 is 1.21 bits per heavy atom. The molecular formula is C9H19N5. The van der Waals surface area contributed by atoms with Gasteiger partial charge in [0.05, 0.1) is 6.54 Å². The molecule has 0 aliphatic rings. The third kappa shape index (κ3) is 3.72. The summed E-state index contributed by atoms with van der Waals surface area (Å²) in [5, 5.41) is 15.2. The Labute approximate surface area is 84.9 Å². The maximum absolute atomic E-state index is 4.18. The van der Waals surface area contributed by atoms with E-state index < -0.39 is 0 Å². The van der Waals surface area contributed by atoms with E-state index in [1.54, 1.807) is 4.80 Å². The van der Waals surface area contributed by atoms with Crippen molar-refractivity contribution in [3.63, 3.8) is 0 Å². The summed E-state index contributed by atoms with van der Waals surface area (Å²) in [6.07, 6.45) is 4.68. The van der Waals surface area contributed by atoms with E-state index in [0.717, 1.165) is 19.5 Å². The van der Waals surface area contributed by atoms with Gasteiger partial charge in [0.25, 0.3) is 5.95 Å². The van der Waals surface area contributed by atoms with Gasteiger partial charge in [0.15, 0.2) is 0 Å². The summed E-state index contributed by atoms with van der Waals surface area (Å²) in [5.74, 6) is 0.648. The number of tetrazole rings is 1. The Balaban J connectivity index is 2.22. The van der Waals surface area contributed by atoms with Crippen LogP contribution in [0.15, 0.2) is 0 Å². The molecule has 14 heavy (non-hydrogen) atoms. The molecule has 0 fully saturated rings. The highest BCUT2D eigenvalue weighted by molar-refractivity contribution is 5.18. The summed E-state index contributed by atoms with van der Waals surface area (Å²) in [4.78, 5) is 1.63. The molecule has 5 nitrogen and oxygen atoms in total. The maximum Gasteiger partial charge on any atom is 0.263 e. The lowest BCUT2D eigenvalue weighted by molar-refractivity contribution is 0.515. The van der Waals surface area contributed by atoms with Gasteiger partial charge in [0.2, 0.25) is 0 Å². The molecule has 1 aromatic heterocycles. The van der Waals surface area contributed by atoms with Gasteiger partial charge in [-0.2, -0.15) is 4.80 Å². The summed E-state index contributed by atoms with van der Waals surface area (Å²) in [6, 6.07) is 0. The number of hydrogen-bond donors (Lipinski definition) is 1. The first-order valence-corrected chi connectivity index (χ1v) is 5.38. The fourth-order valence-electron chi connectivity index (χ4n) is 1.18. The first-order chi connectivity index (χ1) is 6.86. The van der Waals surface area contributed by atoms with Gasteiger partial charge in [-0.15, -0.1) is 5.10 Å². The van der Waals surface area contributed by atoms with Crippen LogP contribution >= 0.6 is 0 Å². The van der Waals surface area contributed by atoms with E-state index in [0.29, 0.717) is 5.95 Å². The van der Waals surface area contributed by atoms with Crippen LogP contribution < -0.4 is 5.32 Å². The van der Waals surface area contributed by atoms with Gasteiger partial charge in [0, 0.05) is 6.54 Å². The van der Waals surface area contributed by atoms with Crippen molar-refractivity contribution in [2.75, 3.05) is 11.9 Å². The van der Waals surface area contributed by atoms with Crippen LogP contribution in [0.4, 0.5) is 5.95 Å². The zero-order valence-corrected chi connectivity index (χ0v) is 9.03. The Hall–Kier alpha value is -1.13. The summed E-state index contributed by atoms with van der Waals surface area (Å²) >= 11 is 0. The van der Waals surface area contributed by atoms with Crippen molar-refractivity contribution in [1.29, 1.82) is 0 Å². The van der Waals surface area contributed by atoms with Gasteiger partial charge in [-0.3, -0.25) is 0 Å². The largest absolute Gasteiger partial charge is 0.352 e. The Morgan fingerprint density at radius 3 is 2.79 bits per heavy atom. The standard InChI is InChI=1S/C9H19N5/c1-3-5-6-7-10-9-11-13-14(12-9)8-4-2/h3-8H2,1-2H3,(H,10,12). The second kappa shape index (κ2) is 6.34. The molecule has 0 saturated heterocycles. The number of aromatic nitrogens is 4. The molecule has 0 saturated carbocycles. The summed E-state index contributed by atoms with van der Waals surface area (Å²) < 4.78 is 0. The van der Waals surface area contributed by atoms with Crippen molar-refractivity contribution < 1.29 is 0 Å². The first-order valence-electron chi connectivity index (χ1n) is 5.38. The van der Waals surface area contributed by atoms with Crippen LogP contribution in [0.3, 0.4) is 0 Å². The van der Waals surface area contributed by atoms with Crippen LogP contribution in [-0.2, 0) is 6.54 Å². The minimum atomic E-state index is 0.648. The minimum Gasteiger partial charge on any atom is -0.352 e. The van der Waals surface area contributed by atoms with Gasteiger partial charge < -0.3 is 5.32 Å². The second-order valence-corrected chi connectivity index (χ2v) is 3.34. The maximum atomic E-state index is 4.18. The minimum absolute atomic E-state index is 0.648. The molecule has 1 heterocycles. The predicted molar refractivity (Wildman–Crippen MR) is 56.1 cm³/mol. The SMILES string of the molecule is CCCCCNc1nnn(CCC)n1. The molecule has 1 aromatic rings. The van der Waals surface area contributed by atoms with E-state index in [1.807, 2.05) is 0 Å². The van der Waals surface area contributed by atoms with Crippen molar-refractivity contribution in [2.45, 2.75) is 46.1 Å². The van der Waals surface area contributed by atoms with E-state index in [2.05, 4.69) is 34.6 Å². The highest BCUT2D eigenvalue weighted by Crippen LogP contribution is 1.97. The van der Waals surface area contributed by atoms with Crippen LogP contribution in [0.2, 0.25) is 0 Å². The van der Waals surface area contributed by atoms with Gasteiger partial charge in [0.1, 0.15) is 0 Å². The summed E-state index contributed by atoms with van der Waals surface area (Å²) in [6.45, 7) is 6.06. The van der Waals surface area contributed by atoms with Crippen molar-refractivity contribution >= 4 is 5.95 Å². The molecule has 0 aliphatic carbocycles. The van der Waals surface area contributed by atoms with Crippen LogP contribution in [-0.4, -0.2) is 26.8 Å². The van der Waals surface area contributed by atoms with Crippen molar-refractivity contribution in [1.82, 2.24) is 20.2 Å². The fourth-order valence-corrected chi connectivity index (χ4v) is 1.18. The summed E-state index contributed by atoms with van der Waals surface area (Å²) in [5.41, 5.74) is 0. The first kappa shape index (κ1) is 10.9. The van der Waals surface area contributed by atoms with Gasteiger partial charge in [-0.1, -0.05) is 31.8 Å². The Kier molecular flexibility index (Phi) is 4.96.